The lowest BCUT2D eigenvalue weighted by molar-refractivity contribution is -0.132. The first kappa shape index (κ1) is 11.3. The van der Waals surface area contributed by atoms with Gasteiger partial charge >= 0.3 is 6.03 Å². The van der Waals surface area contributed by atoms with Gasteiger partial charge in [-0.2, -0.15) is 0 Å². The van der Waals surface area contributed by atoms with Gasteiger partial charge in [-0.25, -0.2) is 9.69 Å². The van der Waals surface area contributed by atoms with E-state index in [2.05, 4.69) is 5.32 Å². The summed E-state index contributed by atoms with van der Waals surface area (Å²) in [5.74, 6) is -0.0404. The van der Waals surface area contributed by atoms with Crippen LogP contribution >= 0.6 is 0 Å². The molecular formula is C14H16N2O2. The number of anilines is 1. The smallest absolute Gasteiger partial charge is 0.328 e. The van der Waals surface area contributed by atoms with Crippen molar-refractivity contribution in [1.29, 1.82) is 0 Å². The zero-order chi connectivity index (χ0) is 12.8. The molecule has 1 aromatic carbocycles. The Bertz CT molecular complexity index is 503. The molecule has 0 unspecified atom stereocenters. The molecule has 0 radical (unpaired) electrons. The first-order chi connectivity index (χ1) is 8.62. The Kier molecular flexibility index (Phi) is 2.40. The second-order valence-corrected chi connectivity index (χ2v) is 5.27. The SMILES string of the molecule is Cc1ccc(N2C(=O)NCC3(CCC3)C2=O)cc1. The van der Waals surface area contributed by atoms with Crippen molar-refractivity contribution in [3.05, 3.63) is 29.8 Å². The zero-order valence-electron chi connectivity index (χ0n) is 10.4. The van der Waals surface area contributed by atoms with Crippen molar-refractivity contribution in [2.24, 2.45) is 5.41 Å². The maximum Gasteiger partial charge on any atom is 0.328 e. The van der Waals surface area contributed by atoms with Gasteiger partial charge in [0, 0.05) is 6.54 Å². The molecule has 1 aliphatic carbocycles. The summed E-state index contributed by atoms with van der Waals surface area (Å²) in [6.45, 7) is 2.47. The molecule has 2 aliphatic rings. The van der Waals surface area contributed by atoms with E-state index in [1.54, 1.807) is 0 Å². The van der Waals surface area contributed by atoms with Crippen LogP contribution in [0.25, 0.3) is 0 Å². The predicted molar refractivity (Wildman–Crippen MR) is 68.3 cm³/mol. The standard InChI is InChI=1S/C14H16N2O2/c1-10-3-5-11(6-4-10)16-12(17)14(7-2-8-14)9-15-13(16)18/h3-6H,2,7-9H2,1H3,(H,15,18). The molecule has 94 valence electrons. The summed E-state index contributed by atoms with van der Waals surface area (Å²) in [4.78, 5) is 25.7. The molecule has 0 bridgehead atoms. The van der Waals surface area contributed by atoms with Crippen LogP contribution in [0.4, 0.5) is 10.5 Å². The Morgan fingerprint density at radius 1 is 1.17 bits per heavy atom. The molecule has 18 heavy (non-hydrogen) atoms. The van der Waals surface area contributed by atoms with E-state index < -0.39 is 0 Å². The van der Waals surface area contributed by atoms with Crippen LogP contribution in [0, 0.1) is 12.3 Å². The third kappa shape index (κ3) is 1.52. The fourth-order valence-electron chi connectivity index (χ4n) is 2.65. The van der Waals surface area contributed by atoms with Crippen LogP contribution in [0.2, 0.25) is 0 Å². The van der Waals surface area contributed by atoms with E-state index in [9.17, 15) is 9.59 Å². The average Bonchev–Trinajstić information content (AvgIpc) is 2.30. The van der Waals surface area contributed by atoms with Gasteiger partial charge in [0.1, 0.15) is 0 Å². The number of hydrogen-bond acceptors (Lipinski definition) is 2. The average molecular weight is 244 g/mol. The van der Waals surface area contributed by atoms with E-state index in [-0.39, 0.29) is 17.4 Å². The number of hydrogen-bond donors (Lipinski definition) is 1. The number of nitrogens with zero attached hydrogens (tertiary/aromatic N) is 1. The lowest BCUT2D eigenvalue weighted by Crippen LogP contribution is -2.63. The van der Waals surface area contributed by atoms with Gasteiger partial charge in [-0.05, 0) is 31.9 Å². The van der Waals surface area contributed by atoms with Gasteiger partial charge in [-0.15, -0.1) is 0 Å². The summed E-state index contributed by atoms with van der Waals surface area (Å²) in [6, 6.07) is 7.17. The highest BCUT2D eigenvalue weighted by molar-refractivity contribution is 6.18. The van der Waals surface area contributed by atoms with Crippen molar-refractivity contribution in [3.63, 3.8) is 0 Å². The number of nitrogens with one attached hydrogen (secondary N) is 1. The Balaban J connectivity index is 1.95. The normalized spacial score (nSPS) is 21.7. The number of urea groups is 1. The number of imide groups is 1. The minimum absolute atomic E-state index is 0.0404. The zero-order valence-corrected chi connectivity index (χ0v) is 10.4. The van der Waals surface area contributed by atoms with Crippen molar-refractivity contribution in [2.45, 2.75) is 26.2 Å². The van der Waals surface area contributed by atoms with Gasteiger partial charge in [0.2, 0.25) is 5.91 Å². The van der Waals surface area contributed by atoms with Crippen LogP contribution in [0.15, 0.2) is 24.3 Å². The van der Waals surface area contributed by atoms with Gasteiger partial charge in [-0.1, -0.05) is 24.1 Å². The third-order valence-electron chi connectivity index (χ3n) is 4.04. The number of aryl methyl sites for hydroxylation is 1. The third-order valence-corrected chi connectivity index (χ3v) is 4.04. The Labute approximate surface area is 106 Å². The maximum atomic E-state index is 12.5. The summed E-state index contributed by atoms with van der Waals surface area (Å²) in [5.41, 5.74) is 1.44. The molecule has 1 saturated carbocycles. The fraction of sp³-hybridized carbons (Fsp3) is 0.429. The summed E-state index contributed by atoms with van der Waals surface area (Å²) in [7, 11) is 0. The van der Waals surface area contributed by atoms with Crippen molar-refractivity contribution in [3.8, 4) is 0 Å². The van der Waals surface area contributed by atoms with Crippen molar-refractivity contribution in [1.82, 2.24) is 5.32 Å². The number of amides is 3. The van der Waals surface area contributed by atoms with Gasteiger partial charge < -0.3 is 5.32 Å². The van der Waals surface area contributed by atoms with Crippen LogP contribution < -0.4 is 10.2 Å². The van der Waals surface area contributed by atoms with Gasteiger partial charge in [0.05, 0.1) is 11.1 Å². The minimum atomic E-state index is -0.335. The first-order valence-corrected chi connectivity index (χ1v) is 6.31. The molecule has 1 aromatic rings. The minimum Gasteiger partial charge on any atom is -0.336 e. The monoisotopic (exact) mass is 244 g/mol. The topological polar surface area (TPSA) is 49.4 Å². The van der Waals surface area contributed by atoms with Crippen molar-refractivity contribution >= 4 is 17.6 Å². The van der Waals surface area contributed by atoms with Crippen molar-refractivity contribution in [2.75, 3.05) is 11.4 Å². The fourth-order valence-corrected chi connectivity index (χ4v) is 2.65. The molecule has 1 saturated heterocycles. The number of carbonyl (C=O) groups is 2. The molecule has 1 spiro atoms. The van der Waals surface area contributed by atoms with Crippen LogP contribution in [0.5, 0.6) is 0 Å². The van der Waals surface area contributed by atoms with Crippen LogP contribution in [-0.2, 0) is 4.79 Å². The highest BCUT2D eigenvalue weighted by Gasteiger charge is 2.51. The Morgan fingerprint density at radius 3 is 2.39 bits per heavy atom. The van der Waals surface area contributed by atoms with Gasteiger partial charge in [0.25, 0.3) is 0 Å². The van der Waals surface area contributed by atoms with Gasteiger partial charge in [-0.3, -0.25) is 4.79 Å². The lowest BCUT2D eigenvalue weighted by atomic mass is 9.67. The van der Waals surface area contributed by atoms with E-state index >= 15 is 0 Å². The summed E-state index contributed by atoms with van der Waals surface area (Å²) in [6.07, 6.45) is 2.84. The second-order valence-electron chi connectivity index (χ2n) is 5.27. The van der Waals surface area contributed by atoms with E-state index in [0.717, 1.165) is 24.8 Å². The molecule has 0 atom stereocenters. The molecule has 0 aromatic heterocycles. The summed E-state index contributed by atoms with van der Waals surface area (Å²) in [5, 5.41) is 2.83. The first-order valence-electron chi connectivity index (χ1n) is 6.31. The molecule has 4 nitrogen and oxygen atoms in total. The highest BCUT2D eigenvalue weighted by Crippen LogP contribution is 2.44. The molecule has 4 heteroatoms. The van der Waals surface area contributed by atoms with Crippen LogP contribution in [-0.4, -0.2) is 18.5 Å². The number of benzene rings is 1. The Morgan fingerprint density at radius 2 is 1.83 bits per heavy atom. The van der Waals surface area contributed by atoms with Crippen LogP contribution in [0.1, 0.15) is 24.8 Å². The Hall–Kier alpha value is -1.84. The summed E-state index contributed by atoms with van der Waals surface area (Å²) >= 11 is 0. The maximum absolute atomic E-state index is 12.5. The number of carbonyl (C=O) groups excluding carboxylic acids is 2. The summed E-state index contributed by atoms with van der Waals surface area (Å²) < 4.78 is 0. The molecule has 2 fully saturated rings. The molecule has 1 heterocycles. The molecule has 1 N–H and O–H groups in total. The molecular weight excluding hydrogens is 228 g/mol. The van der Waals surface area contributed by atoms with Gasteiger partial charge in [0.15, 0.2) is 0 Å². The largest absolute Gasteiger partial charge is 0.336 e. The van der Waals surface area contributed by atoms with E-state index in [1.807, 2.05) is 31.2 Å². The van der Waals surface area contributed by atoms with E-state index in [0.29, 0.717) is 12.2 Å². The van der Waals surface area contributed by atoms with E-state index in [4.69, 9.17) is 0 Å². The van der Waals surface area contributed by atoms with E-state index in [1.165, 1.54) is 4.90 Å². The van der Waals surface area contributed by atoms with Crippen molar-refractivity contribution < 1.29 is 9.59 Å². The lowest BCUT2D eigenvalue weighted by Gasteiger charge is -2.46. The van der Waals surface area contributed by atoms with Crippen LogP contribution in [0.3, 0.4) is 0 Å². The molecule has 1 aliphatic heterocycles. The predicted octanol–water partition coefficient (Wildman–Crippen LogP) is 2.22. The highest BCUT2D eigenvalue weighted by atomic mass is 16.2. The second kappa shape index (κ2) is 3.83. The quantitative estimate of drug-likeness (QED) is 0.823. The molecule has 3 amide bonds. The number of rotatable bonds is 1. The molecule has 3 rings (SSSR count).